The van der Waals surface area contributed by atoms with Crippen molar-refractivity contribution in [1.82, 2.24) is 10.2 Å². The normalized spacial score (nSPS) is 20.8. The van der Waals surface area contributed by atoms with E-state index in [-0.39, 0.29) is 0 Å². The molecule has 15 heavy (non-hydrogen) atoms. The molecule has 1 fully saturated rings. The Kier molecular flexibility index (Phi) is 6.26. The molecule has 1 saturated carbocycles. The first-order chi connectivity index (χ1) is 7.24. The lowest BCUT2D eigenvalue weighted by Crippen LogP contribution is -2.44. The SMILES string of the molecule is CCCNC(CN(C)C)C1CCCCC1. The number of hydrogen-bond acceptors (Lipinski definition) is 2. The fourth-order valence-electron chi connectivity index (χ4n) is 2.64. The van der Waals surface area contributed by atoms with Crippen LogP contribution in [-0.2, 0) is 0 Å². The highest BCUT2D eigenvalue weighted by Crippen LogP contribution is 2.26. The molecule has 90 valence electrons. The van der Waals surface area contributed by atoms with Crippen LogP contribution in [0.5, 0.6) is 0 Å². The van der Waals surface area contributed by atoms with Gasteiger partial charge >= 0.3 is 0 Å². The number of rotatable bonds is 6. The maximum Gasteiger partial charge on any atom is 0.0222 e. The minimum absolute atomic E-state index is 0.722. The molecule has 0 bridgehead atoms. The summed E-state index contributed by atoms with van der Waals surface area (Å²) >= 11 is 0. The van der Waals surface area contributed by atoms with Gasteiger partial charge in [0.1, 0.15) is 0 Å². The van der Waals surface area contributed by atoms with Crippen molar-refractivity contribution in [2.75, 3.05) is 27.2 Å². The number of nitrogens with zero attached hydrogens (tertiary/aromatic N) is 1. The quantitative estimate of drug-likeness (QED) is 0.728. The first-order valence-corrected chi connectivity index (χ1v) is 6.62. The van der Waals surface area contributed by atoms with Gasteiger partial charge in [0.15, 0.2) is 0 Å². The highest BCUT2D eigenvalue weighted by Gasteiger charge is 2.23. The van der Waals surface area contributed by atoms with Gasteiger partial charge < -0.3 is 10.2 Å². The van der Waals surface area contributed by atoms with Crippen molar-refractivity contribution in [3.8, 4) is 0 Å². The van der Waals surface area contributed by atoms with Crippen molar-refractivity contribution in [3.63, 3.8) is 0 Å². The van der Waals surface area contributed by atoms with Crippen LogP contribution in [0.2, 0.25) is 0 Å². The Morgan fingerprint density at radius 3 is 2.40 bits per heavy atom. The number of likely N-dealkylation sites (N-methyl/N-ethyl adjacent to an activating group) is 1. The van der Waals surface area contributed by atoms with E-state index in [4.69, 9.17) is 0 Å². The second-order valence-electron chi connectivity index (χ2n) is 5.22. The van der Waals surface area contributed by atoms with Gasteiger partial charge in [-0.1, -0.05) is 26.2 Å². The van der Waals surface area contributed by atoms with E-state index in [1.807, 2.05) is 0 Å². The highest BCUT2D eigenvalue weighted by molar-refractivity contribution is 4.80. The predicted octanol–water partition coefficient (Wildman–Crippen LogP) is 2.50. The van der Waals surface area contributed by atoms with Crippen LogP contribution >= 0.6 is 0 Å². The summed E-state index contributed by atoms with van der Waals surface area (Å²) in [6, 6.07) is 0.722. The molecule has 0 aromatic rings. The summed E-state index contributed by atoms with van der Waals surface area (Å²) in [5, 5.41) is 3.73. The second kappa shape index (κ2) is 7.24. The Morgan fingerprint density at radius 2 is 1.87 bits per heavy atom. The molecular formula is C13H28N2. The summed E-state index contributed by atoms with van der Waals surface area (Å²) in [7, 11) is 4.37. The van der Waals surface area contributed by atoms with Gasteiger partial charge in [0.25, 0.3) is 0 Å². The van der Waals surface area contributed by atoms with Gasteiger partial charge in [-0.3, -0.25) is 0 Å². The van der Waals surface area contributed by atoms with Gasteiger partial charge in [0.2, 0.25) is 0 Å². The average Bonchev–Trinajstić information content (AvgIpc) is 2.25. The fraction of sp³-hybridized carbons (Fsp3) is 1.00. The van der Waals surface area contributed by atoms with Gasteiger partial charge in [-0.05, 0) is 45.8 Å². The fourth-order valence-corrected chi connectivity index (χ4v) is 2.64. The van der Waals surface area contributed by atoms with Crippen molar-refractivity contribution in [1.29, 1.82) is 0 Å². The third-order valence-corrected chi connectivity index (χ3v) is 3.44. The van der Waals surface area contributed by atoms with Crippen molar-refractivity contribution < 1.29 is 0 Å². The van der Waals surface area contributed by atoms with Crippen LogP contribution in [-0.4, -0.2) is 38.1 Å². The Labute approximate surface area is 95.4 Å². The van der Waals surface area contributed by atoms with Crippen LogP contribution in [0.3, 0.4) is 0 Å². The maximum absolute atomic E-state index is 3.73. The average molecular weight is 212 g/mol. The monoisotopic (exact) mass is 212 g/mol. The third kappa shape index (κ3) is 4.98. The van der Waals surface area contributed by atoms with E-state index < -0.39 is 0 Å². The summed E-state index contributed by atoms with van der Waals surface area (Å²) in [6.45, 7) is 4.63. The lowest BCUT2D eigenvalue weighted by atomic mass is 9.83. The number of hydrogen-bond donors (Lipinski definition) is 1. The molecule has 1 aliphatic rings. The lowest BCUT2D eigenvalue weighted by Gasteiger charge is -2.33. The molecule has 1 rings (SSSR count). The Balaban J connectivity index is 2.37. The van der Waals surface area contributed by atoms with E-state index in [9.17, 15) is 0 Å². The van der Waals surface area contributed by atoms with Gasteiger partial charge in [-0.25, -0.2) is 0 Å². The van der Waals surface area contributed by atoms with Crippen molar-refractivity contribution in [2.24, 2.45) is 5.92 Å². The smallest absolute Gasteiger partial charge is 0.0222 e. The van der Waals surface area contributed by atoms with Crippen molar-refractivity contribution in [3.05, 3.63) is 0 Å². The van der Waals surface area contributed by atoms with Crippen LogP contribution < -0.4 is 5.32 Å². The summed E-state index contributed by atoms with van der Waals surface area (Å²) in [4.78, 5) is 2.32. The first kappa shape index (κ1) is 13.0. The zero-order chi connectivity index (χ0) is 11.1. The minimum atomic E-state index is 0.722. The molecule has 1 unspecified atom stereocenters. The molecule has 0 saturated heterocycles. The van der Waals surface area contributed by atoms with Crippen molar-refractivity contribution >= 4 is 0 Å². The minimum Gasteiger partial charge on any atom is -0.312 e. The maximum atomic E-state index is 3.73. The molecule has 0 amide bonds. The standard InChI is InChI=1S/C13H28N2/c1-4-10-14-13(11-15(2)3)12-8-6-5-7-9-12/h12-14H,4-11H2,1-3H3. The van der Waals surface area contributed by atoms with Crippen LogP contribution in [0.15, 0.2) is 0 Å². The Bertz CT molecular complexity index is 151. The topological polar surface area (TPSA) is 15.3 Å². The molecule has 0 aliphatic heterocycles. The molecule has 1 atom stereocenters. The van der Waals surface area contributed by atoms with E-state index in [0.717, 1.165) is 12.0 Å². The molecule has 0 spiro atoms. The lowest BCUT2D eigenvalue weighted by molar-refractivity contribution is 0.222. The molecule has 0 aromatic carbocycles. The Morgan fingerprint density at radius 1 is 1.20 bits per heavy atom. The summed E-state index contributed by atoms with van der Waals surface area (Å²) in [6.07, 6.45) is 8.48. The van der Waals surface area contributed by atoms with E-state index in [1.54, 1.807) is 0 Å². The molecule has 1 N–H and O–H groups in total. The molecule has 2 heteroatoms. The van der Waals surface area contributed by atoms with E-state index >= 15 is 0 Å². The molecular weight excluding hydrogens is 184 g/mol. The largest absolute Gasteiger partial charge is 0.312 e. The van der Waals surface area contributed by atoms with E-state index in [2.05, 4.69) is 31.2 Å². The highest BCUT2D eigenvalue weighted by atomic mass is 15.1. The molecule has 2 nitrogen and oxygen atoms in total. The molecule has 0 aromatic heterocycles. The third-order valence-electron chi connectivity index (χ3n) is 3.44. The zero-order valence-corrected chi connectivity index (χ0v) is 10.8. The van der Waals surface area contributed by atoms with Crippen molar-refractivity contribution in [2.45, 2.75) is 51.5 Å². The second-order valence-corrected chi connectivity index (χ2v) is 5.22. The van der Waals surface area contributed by atoms with Crippen LogP contribution in [0.25, 0.3) is 0 Å². The molecule has 0 radical (unpaired) electrons. The zero-order valence-electron chi connectivity index (χ0n) is 10.8. The summed E-state index contributed by atoms with van der Waals surface area (Å²) < 4.78 is 0. The van der Waals surface area contributed by atoms with Gasteiger partial charge in [0.05, 0.1) is 0 Å². The first-order valence-electron chi connectivity index (χ1n) is 6.62. The van der Waals surface area contributed by atoms with E-state index in [1.165, 1.54) is 51.6 Å². The summed E-state index contributed by atoms with van der Waals surface area (Å²) in [5.41, 5.74) is 0. The van der Waals surface area contributed by atoms with Gasteiger partial charge in [-0.2, -0.15) is 0 Å². The molecule has 1 aliphatic carbocycles. The summed E-state index contributed by atoms with van der Waals surface area (Å²) in [5.74, 6) is 0.924. The van der Waals surface area contributed by atoms with Crippen LogP contribution in [0.1, 0.15) is 45.4 Å². The van der Waals surface area contributed by atoms with Crippen LogP contribution in [0, 0.1) is 5.92 Å². The number of nitrogens with one attached hydrogen (secondary N) is 1. The van der Waals surface area contributed by atoms with Crippen LogP contribution in [0.4, 0.5) is 0 Å². The molecule has 0 heterocycles. The van der Waals surface area contributed by atoms with Gasteiger partial charge in [-0.15, -0.1) is 0 Å². The predicted molar refractivity (Wildman–Crippen MR) is 67.2 cm³/mol. The van der Waals surface area contributed by atoms with Gasteiger partial charge in [0, 0.05) is 12.6 Å². The van der Waals surface area contributed by atoms with E-state index in [0.29, 0.717) is 0 Å². The Hall–Kier alpha value is -0.0800.